The molecule has 7 heteroatoms. The average molecular weight is 367 g/mol. The number of nitrogen functional groups attached to an aromatic ring is 1. The van der Waals surface area contributed by atoms with Crippen LogP contribution in [0.2, 0.25) is 0 Å². The molecule has 2 atom stereocenters. The van der Waals surface area contributed by atoms with E-state index < -0.39 is 12.1 Å². The predicted octanol–water partition coefficient (Wildman–Crippen LogP) is 1.22. The highest BCUT2D eigenvalue weighted by Gasteiger charge is 2.19. The van der Waals surface area contributed by atoms with Crippen LogP contribution in [0, 0.1) is 0 Å². The molecular weight excluding hydrogens is 342 g/mol. The van der Waals surface area contributed by atoms with Crippen molar-refractivity contribution in [2.75, 3.05) is 5.73 Å². The molecule has 2 amide bonds. The fourth-order valence-corrected chi connectivity index (χ4v) is 2.29. The number of nitrogens with one attached hydrogen (secondary N) is 2. The monoisotopic (exact) mass is 367 g/mol. The van der Waals surface area contributed by atoms with Gasteiger partial charge in [0.25, 0.3) is 0 Å². The lowest BCUT2D eigenvalue weighted by atomic mass is 10.1. The standard InChI is InChI=1S/C20H25N5O2/c1-14(19(26)24-13-16-10-11-18(22)23-12-16)25-20(27)17(21)9-5-8-15-6-3-2-4-7-15/h2-8,10-12,14,17H,9,13,21H2,1H3,(H2,22,23)(H,24,26)(H,25,27)/t14-,17?/m0/s1. The van der Waals surface area contributed by atoms with E-state index >= 15 is 0 Å². The van der Waals surface area contributed by atoms with Crippen molar-refractivity contribution in [3.8, 4) is 0 Å². The Hall–Kier alpha value is -3.19. The third-order valence-electron chi connectivity index (χ3n) is 3.90. The number of anilines is 1. The second-order valence-electron chi connectivity index (χ2n) is 6.19. The molecule has 0 fully saturated rings. The van der Waals surface area contributed by atoms with Crippen LogP contribution < -0.4 is 22.1 Å². The molecule has 1 unspecified atom stereocenters. The van der Waals surface area contributed by atoms with E-state index in [1.54, 1.807) is 25.3 Å². The van der Waals surface area contributed by atoms with Gasteiger partial charge in [-0.3, -0.25) is 9.59 Å². The molecule has 142 valence electrons. The number of carbonyl (C=O) groups excluding carboxylic acids is 2. The number of hydrogen-bond donors (Lipinski definition) is 4. The summed E-state index contributed by atoms with van der Waals surface area (Å²) in [5.41, 5.74) is 13.3. The summed E-state index contributed by atoms with van der Waals surface area (Å²) in [4.78, 5) is 28.2. The van der Waals surface area contributed by atoms with Gasteiger partial charge in [-0.25, -0.2) is 4.98 Å². The van der Waals surface area contributed by atoms with Crippen molar-refractivity contribution in [1.82, 2.24) is 15.6 Å². The minimum absolute atomic E-state index is 0.299. The Morgan fingerprint density at radius 1 is 1.15 bits per heavy atom. The van der Waals surface area contributed by atoms with Gasteiger partial charge in [-0.15, -0.1) is 0 Å². The summed E-state index contributed by atoms with van der Waals surface area (Å²) in [5.74, 6) is -0.252. The van der Waals surface area contributed by atoms with E-state index in [9.17, 15) is 9.59 Å². The molecule has 0 radical (unpaired) electrons. The molecule has 0 aliphatic carbocycles. The summed E-state index contributed by atoms with van der Waals surface area (Å²) in [5, 5.41) is 5.37. The zero-order valence-electron chi connectivity index (χ0n) is 15.3. The average Bonchev–Trinajstić information content (AvgIpc) is 2.67. The van der Waals surface area contributed by atoms with Crippen molar-refractivity contribution >= 4 is 23.7 Å². The van der Waals surface area contributed by atoms with Gasteiger partial charge in [-0.1, -0.05) is 48.6 Å². The van der Waals surface area contributed by atoms with Crippen LogP contribution in [0.25, 0.3) is 6.08 Å². The van der Waals surface area contributed by atoms with Gasteiger partial charge in [0.1, 0.15) is 11.9 Å². The second-order valence-corrected chi connectivity index (χ2v) is 6.19. The van der Waals surface area contributed by atoms with Crippen molar-refractivity contribution in [3.63, 3.8) is 0 Å². The Balaban J connectivity index is 1.75. The lowest BCUT2D eigenvalue weighted by Crippen LogP contribution is -2.50. The van der Waals surface area contributed by atoms with Crippen molar-refractivity contribution in [2.45, 2.75) is 32.0 Å². The molecule has 6 N–H and O–H groups in total. The first kappa shape index (κ1) is 20.1. The molecule has 1 aromatic carbocycles. The Bertz CT molecular complexity index is 775. The number of nitrogens with zero attached hydrogens (tertiary/aromatic N) is 1. The van der Waals surface area contributed by atoms with Crippen LogP contribution in [0.4, 0.5) is 5.82 Å². The molecule has 2 rings (SSSR count). The number of aromatic nitrogens is 1. The van der Waals surface area contributed by atoms with E-state index in [4.69, 9.17) is 11.5 Å². The van der Waals surface area contributed by atoms with Gasteiger partial charge in [-0.05, 0) is 30.5 Å². The van der Waals surface area contributed by atoms with Crippen molar-refractivity contribution < 1.29 is 9.59 Å². The van der Waals surface area contributed by atoms with Gasteiger partial charge in [-0.2, -0.15) is 0 Å². The quantitative estimate of drug-likeness (QED) is 0.558. The van der Waals surface area contributed by atoms with E-state index in [1.165, 1.54) is 0 Å². The highest BCUT2D eigenvalue weighted by atomic mass is 16.2. The van der Waals surface area contributed by atoms with Gasteiger partial charge < -0.3 is 22.1 Å². The fraction of sp³-hybridized carbons (Fsp3) is 0.250. The first-order valence-electron chi connectivity index (χ1n) is 8.71. The summed E-state index contributed by atoms with van der Waals surface area (Å²) in [6, 6.07) is 11.8. The normalized spacial score (nSPS) is 13.1. The summed E-state index contributed by atoms with van der Waals surface area (Å²) < 4.78 is 0. The van der Waals surface area contributed by atoms with Crippen LogP contribution in [-0.4, -0.2) is 28.9 Å². The van der Waals surface area contributed by atoms with E-state index in [1.807, 2.05) is 42.5 Å². The lowest BCUT2D eigenvalue weighted by molar-refractivity contribution is -0.129. The molecule has 0 aliphatic rings. The second kappa shape index (κ2) is 10.1. The third kappa shape index (κ3) is 6.91. The van der Waals surface area contributed by atoms with Gasteiger partial charge >= 0.3 is 0 Å². The Kier molecular flexibility index (Phi) is 7.51. The van der Waals surface area contributed by atoms with Crippen LogP contribution in [0.5, 0.6) is 0 Å². The van der Waals surface area contributed by atoms with E-state index in [0.29, 0.717) is 18.8 Å². The highest BCUT2D eigenvalue weighted by Crippen LogP contribution is 2.03. The van der Waals surface area contributed by atoms with Crippen molar-refractivity contribution in [3.05, 3.63) is 65.9 Å². The van der Waals surface area contributed by atoms with Gasteiger partial charge in [0, 0.05) is 12.7 Å². The number of nitrogens with two attached hydrogens (primary N) is 2. The summed E-state index contributed by atoms with van der Waals surface area (Å²) >= 11 is 0. The van der Waals surface area contributed by atoms with Gasteiger partial charge in [0.2, 0.25) is 11.8 Å². The zero-order valence-corrected chi connectivity index (χ0v) is 15.3. The Morgan fingerprint density at radius 3 is 2.56 bits per heavy atom. The van der Waals surface area contributed by atoms with Crippen LogP contribution in [0.1, 0.15) is 24.5 Å². The molecule has 2 aromatic rings. The first-order chi connectivity index (χ1) is 13.0. The number of pyridine rings is 1. The SMILES string of the molecule is C[C@H](NC(=O)C(N)CC=Cc1ccccc1)C(=O)NCc1ccc(N)nc1. The minimum atomic E-state index is -0.721. The van der Waals surface area contributed by atoms with E-state index in [-0.39, 0.29) is 11.8 Å². The van der Waals surface area contributed by atoms with Gasteiger partial charge in [0.05, 0.1) is 6.04 Å². The van der Waals surface area contributed by atoms with Crippen LogP contribution in [0.15, 0.2) is 54.7 Å². The summed E-state index contributed by atoms with van der Waals surface area (Å²) in [6.07, 6.45) is 5.72. The smallest absolute Gasteiger partial charge is 0.242 e. The molecule has 0 aliphatic heterocycles. The highest BCUT2D eigenvalue weighted by molar-refractivity contribution is 5.89. The summed E-state index contributed by atoms with van der Waals surface area (Å²) in [6.45, 7) is 1.92. The molecule has 0 bridgehead atoms. The van der Waals surface area contributed by atoms with E-state index in [0.717, 1.165) is 11.1 Å². The topological polar surface area (TPSA) is 123 Å². The van der Waals surface area contributed by atoms with Crippen LogP contribution >= 0.6 is 0 Å². The minimum Gasteiger partial charge on any atom is -0.384 e. The fourth-order valence-electron chi connectivity index (χ4n) is 2.29. The van der Waals surface area contributed by atoms with Crippen molar-refractivity contribution in [1.29, 1.82) is 0 Å². The Morgan fingerprint density at radius 2 is 1.89 bits per heavy atom. The number of rotatable bonds is 8. The number of hydrogen-bond acceptors (Lipinski definition) is 5. The number of amides is 2. The molecule has 0 saturated carbocycles. The maximum absolute atomic E-state index is 12.1. The lowest BCUT2D eigenvalue weighted by Gasteiger charge is -2.16. The molecule has 0 spiro atoms. The van der Waals surface area contributed by atoms with Crippen LogP contribution in [0.3, 0.4) is 0 Å². The molecule has 0 saturated heterocycles. The maximum atomic E-state index is 12.1. The number of benzene rings is 1. The predicted molar refractivity (Wildman–Crippen MR) is 106 cm³/mol. The molecule has 1 heterocycles. The molecule has 7 nitrogen and oxygen atoms in total. The zero-order chi connectivity index (χ0) is 19.6. The molecular formula is C20H25N5O2. The maximum Gasteiger partial charge on any atom is 0.242 e. The van der Waals surface area contributed by atoms with E-state index in [2.05, 4.69) is 15.6 Å². The number of carbonyl (C=O) groups is 2. The summed E-state index contributed by atoms with van der Waals surface area (Å²) in [7, 11) is 0. The third-order valence-corrected chi connectivity index (χ3v) is 3.90. The molecule has 1 aromatic heterocycles. The largest absolute Gasteiger partial charge is 0.384 e. The molecule has 27 heavy (non-hydrogen) atoms. The van der Waals surface area contributed by atoms with Crippen LogP contribution in [-0.2, 0) is 16.1 Å². The van der Waals surface area contributed by atoms with Gasteiger partial charge in [0.15, 0.2) is 0 Å². The Labute approximate surface area is 158 Å². The first-order valence-corrected chi connectivity index (χ1v) is 8.71. The van der Waals surface area contributed by atoms with Crippen molar-refractivity contribution in [2.24, 2.45) is 5.73 Å².